The van der Waals surface area contributed by atoms with Gasteiger partial charge in [0.25, 0.3) is 0 Å². The summed E-state index contributed by atoms with van der Waals surface area (Å²) in [6.07, 6.45) is 2.63. The van der Waals surface area contributed by atoms with Gasteiger partial charge < -0.3 is 10.6 Å². The van der Waals surface area contributed by atoms with Gasteiger partial charge in [0.15, 0.2) is 0 Å². The molecule has 1 aliphatic heterocycles. The summed E-state index contributed by atoms with van der Waals surface area (Å²) in [5.74, 6) is 0.786. The predicted molar refractivity (Wildman–Crippen MR) is 70.9 cm³/mol. The van der Waals surface area contributed by atoms with E-state index >= 15 is 0 Å². The van der Waals surface area contributed by atoms with E-state index in [0.717, 1.165) is 24.7 Å². The van der Waals surface area contributed by atoms with E-state index in [1.165, 1.54) is 29.7 Å². The van der Waals surface area contributed by atoms with Crippen LogP contribution in [-0.4, -0.2) is 13.1 Å². The molecule has 0 spiro atoms. The summed E-state index contributed by atoms with van der Waals surface area (Å²) in [7, 11) is 0. The number of anilines is 2. The summed E-state index contributed by atoms with van der Waals surface area (Å²) in [5.41, 5.74) is 10.9. The molecule has 1 heterocycles. The summed E-state index contributed by atoms with van der Waals surface area (Å²) in [4.78, 5) is 2.45. The number of rotatable bonds is 1. The zero-order chi connectivity index (χ0) is 11.7. The van der Waals surface area contributed by atoms with Gasteiger partial charge in [-0.05, 0) is 49.8 Å². The van der Waals surface area contributed by atoms with Crippen LogP contribution in [0.1, 0.15) is 30.9 Å². The van der Waals surface area contributed by atoms with Gasteiger partial charge in [0.1, 0.15) is 0 Å². The molecule has 2 heteroatoms. The number of benzene rings is 1. The third-order valence-corrected chi connectivity index (χ3v) is 3.51. The van der Waals surface area contributed by atoms with Crippen LogP contribution in [0, 0.1) is 19.8 Å². The second-order valence-electron chi connectivity index (χ2n) is 5.21. The largest absolute Gasteiger partial charge is 0.397 e. The number of aryl methyl sites for hydroxylation is 2. The van der Waals surface area contributed by atoms with E-state index in [1.54, 1.807) is 0 Å². The molecule has 2 rings (SSSR count). The van der Waals surface area contributed by atoms with Crippen molar-refractivity contribution < 1.29 is 0 Å². The molecular weight excluding hydrogens is 196 g/mol. The lowest BCUT2D eigenvalue weighted by molar-refractivity contribution is 0.447. The molecule has 1 fully saturated rings. The molecular formula is C14H22N2. The second kappa shape index (κ2) is 4.36. The van der Waals surface area contributed by atoms with Crippen LogP contribution in [0.5, 0.6) is 0 Å². The maximum Gasteiger partial charge on any atom is 0.0605 e. The summed E-state index contributed by atoms with van der Waals surface area (Å²) < 4.78 is 0. The lowest BCUT2D eigenvalue weighted by atomic mass is 9.98. The highest BCUT2D eigenvalue weighted by atomic mass is 15.1. The van der Waals surface area contributed by atoms with E-state index in [1.807, 2.05) is 0 Å². The summed E-state index contributed by atoms with van der Waals surface area (Å²) in [6.45, 7) is 8.86. The van der Waals surface area contributed by atoms with Crippen LogP contribution >= 0.6 is 0 Å². The Hall–Kier alpha value is -1.18. The van der Waals surface area contributed by atoms with Crippen molar-refractivity contribution >= 4 is 11.4 Å². The van der Waals surface area contributed by atoms with E-state index < -0.39 is 0 Å². The van der Waals surface area contributed by atoms with Gasteiger partial charge in [-0.15, -0.1) is 0 Å². The average Bonchev–Trinajstić information content (AvgIpc) is 2.23. The first-order valence-corrected chi connectivity index (χ1v) is 6.19. The minimum absolute atomic E-state index is 0.786. The van der Waals surface area contributed by atoms with Crippen molar-refractivity contribution in [3.8, 4) is 0 Å². The Morgan fingerprint density at radius 2 is 2.06 bits per heavy atom. The highest BCUT2D eigenvalue weighted by Crippen LogP contribution is 2.31. The molecule has 2 N–H and O–H groups in total. The Bertz CT molecular complexity index is 385. The molecule has 1 aromatic carbocycles. The highest BCUT2D eigenvalue weighted by Gasteiger charge is 2.19. The quantitative estimate of drug-likeness (QED) is 0.734. The third kappa shape index (κ3) is 2.16. The molecule has 0 bridgehead atoms. The fourth-order valence-corrected chi connectivity index (χ4v) is 2.63. The zero-order valence-corrected chi connectivity index (χ0v) is 10.6. The first-order chi connectivity index (χ1) is 7.58. The SMILES string of the molecule is Cc1cc(C)c(N)c(N2CCCC(C)C2)c1. The van der Waals surface area contributed by atoms with Crippen molar-refractivity contribution in [2.45, 2.75) is 33.6 Å². The van der Waals surface area contributed by atoms with Gasteiger partial charge in [0.05, 0.1) is 11.4 Å². The Kier molecular flexibility index (Phi) is 3.08. The van der Waals surface area contributed by atoms with Crippen molar-refractivity contribution in [2.24, 2.45) is 5.92 Å². The number of hydrogen-bond donors (Lipinski definition) is 1. The summed E-state index contributed by atoms with van der Waals surface area (Å²) >= 11 is 0. The minimum Gasteiger partial charge on any atom is -0.397 e. The topological polar surface area (TPSA) is 29.3 Å². The summed E-state index contributed by atoms with van der Waals surface area (Å²) in [5, 5.41) is 0. The normalized spacial score (nSPS) is 21.2. The molecule has 0 aromatic heterocycles. The van der Waals surface area contributed by atoms with Crippen LogP contribution < -0.4 is 10.6 Å². The van der Waals surface area contributed by atoms with Gasteiger partial charge >= 0.3 is 0 Å². The number of piperidine rings is 1. The van der Waals surface area contributed by atoms with E-state index in [4.69, 9.17) is 5.73 Å². The fourth-order valence-electron chi connectivity index (χ4n) is 2.63. The first kappa shape index (κ1) is 11.3. The van der Waals surface area contributed by atoms with Gasteiger partial charge in [0.2, 0.25) is 0 Å². The molecule has 2 nitrogen and oxygen atoms in total. The number of nitrogen functional groups attached to an aromatic ring is 1. The Labute approximate surface area is 98.4 Å². The molecule has 1 atom stereocenters. The molecule has 88 valence electrons. The van der Waals surface area contributed by atoms with Crippen molar-refractivity contribution in [3.05, 3.63) is 23.3 Å². The first-order valence-electron chi connectivity index (χ1n) is 6.19. The van der Waals surface area contributed by atoms with Gasteiger partial charge in [-0.25, -0.2) is 0 Å². The average molecular weight is 218 g/mol. The van der Waals surface area contributed by atoms with E-state index in [2.05, 4.69) is 37.8 Å². The molecule has 1 saturated heterocycles. The highest BCUT2D eigenvalue weighted by molar-refractivity contribution is 5.72. The second-order valence-corrected chi connectivity index (χ2v) is 5.21. The fraction of sp³-hybridized carbons (Fsp3) is 0.571. The lowest BCUT2D eigenvalue weighted by Crippen LogP contribution is -2.34. The van der Waals surface area contributed by atoms with Crippen molar-refractivity contribution in [2.75, 3.05) is 23.7 Å². The van der Waals surface area contributed by atoms with E-state index in [-0.39, 0.29) is 0 Å². The molecule has 1 aromatic rings. The minimum atomic E-state index is 0.786. The van der Waals surface area contributed by atoms with Gasteiger partial charge in [-0.2, -0.15) is 0 Å². The molecule has 0 amide bonds. The molecule has 1 unspecified atom stereocenters. The molecule has 0 aliphatic carbocycles. The maximum absolute atomic E-state index is 6.19. The molecule has 0 radical (unpaired) electrons. The number of nitrogens with two attached hydrogens (primary N) is 1. The van der Waals surface area contributed by atoms with Crippen LogP contribution in [-0.2, 0) is 0 Å². The van der Waals surface area contributed by atoms with Crippen molar-refractivity contribution in [1.82, 2.24) is 0 Å². The molecule has 0 saturated carbocycles. The van der Waals surface area contributed by atoms with E-state index in [0.29, 0.717) is 0 Å². The molecule has 16 heavy (non-hydrogen) atoms. The zero-order valence-electron chi connectivity index (χ0n) is 10.6. The van der Waals surface area contributed by atoms with Crippen LogP contribution in [0.25, 0.3) is 0 Å². The van der Waals surface area contributed by atoms with Crippen molar-refractivity contribution in [1.29, 1.82) is 0 Å². The number of nitrogens with zero attached hydrogens (tertiary/aromatic N) is 1. The maximum atomic E-state index is 6.19. The monoisotopic (exact) mass is 218 g/mol. The van der Waals surface area contributed by atoms with Gasteiger partial charge in [-0.1, -0.05) is 13.0 Å². The smallest absolute Gasteiger partial charge is 0.0605 e. The van der Waals surface area contributed by atoms with Gasteiger partial charge in [-0.3, -0.25) is 0 Å². The Balaban J connectivity index is 2.32. The Morgan fingerprint density at radius 1 is 1.31 bits per heavy atom. The number of hydrogen-bond acceptors (Lipinski definition) is 2. The van der Waals surface area contributed by atoms with Gasteiger partial charge in [0, 0.05) is 13.1 Å². The third-order valence-electron chi connectivity index (χ3n) is 3.51. The predicted octanol–water partition coefficient (Wildman–Crippen LogP) is 3.12. The van der Waals surface area contributed by atoms with Crippen LogP contribution in [0.4, 0.5) is 11.4 Å². The van der Waals surface area contributed by atoms with E-state index in [9.17, 15) is 0 Å². The van der Waals surface area contributed by atoms with Crippen LogP contribution in [0.2, 0.25) is 0 Å². The summed E-state index contributed by atoms with van der Waals surface area (Å²) in [6, 6.07) is 4.38. The van der Waals surface area contributed by atoms with Crippen molar-refractivity contribution in [3.63, 3.8) is 0 Å². The van der Waals surface area contributed by atoms with Crippen LogP contribution in [0.3, 0.4) is 0 Å². The molecule has 1 aliphatic rings. The standard InChI is InChI=1S/C14H22N2/c1-10-5-4-6-16(9-10)13-8-11(2)7-12(3)14(13)15/h7-8,10H,4-6,9,15H2,1-3H3. The lowest BCUT2D eigenvalue weighted by Gasteiger charge is -2.34. The Morgan fingerprint density at radius 3 is 2.75 bits per heavy atom. The van der Waals surface area contributed by atoms with Crippen LogP contribution in [0.15, 0.2) is 12.1 Å².